The Labute approximate surface area is 174 Å². The van der Waals surface area contributed by atoms with Gasteiger partial charge in [0.15, 0.2) is 16.7 Å². The summed E-state index contributed by atoms with van der Waals surface area (Å²) in [6.45, 7) is 7.22. The summed E-state index contributed by atoms with van der Waals surface area (Å²) in [5, 5.41) is 3.56. The molecule has 2 aromatic rings. The lowest BCUT2D eigenvalue weighted by atomic mass is 9.95. The summed E-state index contributed by atoms with van der Waals surface area (Å²) in [4.78, 5) is 31.5. The molecule has 3 rings (SSSR count). The minimum absolute atomic E-state index is 0.118. The number of benzene rings is 1. The van der Waals surface area contributed by atoms with Crippen molar-refractivity contribution in [3.05, 3.63) is 45.9 Å². The first-order valence-corrected chi connectivity index (χ1v) is 10.9. The van der Waals surface area contributed by atoms with E-state index in [0.717, 1.165) is 29.8 Å². The molecule has 29 heavy (non-hydrogen) atoms. The number of amides is 1. The summed E-state index contributed by atoms with van der Waals surface area (Å²) in [7, 11) is 0. The van der Waals surface area contributed by atoms with Crippen LogP contribution in [-0.4, -0.2) is 34.8 Å². The minimum atomic E-state index is -0.192. The fourth-order valence-corrected chi connectivity index (χ4v) is 3.88. The summed E-state index contributed by atoms with van der Waals surface area (Å²) in [5.74, 6) is 1.68. The van der Waals surface area contributed by atoms with Crippen LogP contribution in [0.3, 0.4) is 0 Å². The average molecular weight is 418 g/mol. The molecule has 156 valence electrons. The van der Waals surface area contributed by atoms with E-state index in [-0.39, 0.29) is 29.2 Å². The van der Waals surface area contributed by atoms with E-state index in [2.05, 4.69) is 29.1 Å². The van der Waals surface area contributed by atoms with Gasteiger partial charge in [-0.15, -0.1) is 0 Å². The SMILES string of the molecule is CCCc1cc(=O)[nH]c(SCC(=O)N[C@H](c2ccc3c(c2)OCCO3)C(C)C)n1. The number of hydrogen-bond acceptors (Lipinski definition) is 6. The van der Waals surface area contributed by atoms with Crippen LogP contribution in [0.15, 0.2) is 34.2 Å². The lowest BCUT2D eigenvalue weighted by Gasteiger charge is -2.25. The Morgan fingerprint density at radius 3 is 2.72 bits per heavy atom. The van der Waals surface area contributed by atoms with Crippen LogP contribution in [0.4, 0.5) is 0 Å². The van der Waals surface area contributed by atoms with Crippen LogP contribution in [0, 0.1) is 5.92 Å². The number of fused-ring (bicyclic) bond motifs is 1. The van der Waals surface area contributed by atoms with Crippen LogP contribution in [-0.2, 0) is 11.2 Å². The van der Waals surface area contributed by atoms with Crippen molar-refractivity contribution < 1.29 is 14.3 Å². The number of rotatable bonds is 8. The molecule has 0 fully saturated rings. The summed E-state index contributed by atoms with van der Waals surface area (Å²) < 4.78 is 11.2. The summed E-state index contributed by atoms with van der Waals surface area (Å²) in [6, 6.07) is 7.12. The van der Waals surface area contributed by atoms with Gasteiger partial charge in [0.1, 0.15) is 13.2 Å². The highest BCUT2D eigenvalue weighted by molar-refractivity contribution is 7.99. The van der Waals surface area contributed by atoms with Gasteiger partial charge in [0.2, 0.25) is 5.91 Å². The van der Waals surface area contributed by atoms with Crippen molar-refractivity contribution in [1.29, 1.82) is 0 Å². The topological polar surface area (TPSA) is 93.3 Å². The molecule has 1 aliphatic heterocycles. The van der Waals surface area contributed by atoms with E-state index in [0.29, 0.717) is 24.1 Å². The monoisotopic (exact) mass is 417 g/mol. The summed E-state index contributed by atoms with van der Waals surface area (Å²) >= 11 is 1.23. The molecule has 0 aliphatic carbocycles. The Morgan fingerprint density at radius 2 is 2.00 bits per heavy atom. The maximum Gasteiger partial charge on any atom is 0.251 e. The largest absolute Gasteiger partial charge is 0.486 e. The van der Waals surface area contributed by atoms with Crippen LogP contribution < -0.4 is 20.3 Å². The van der Waals surface area contributed by atoms with E-state index in [1.54, 1.807) is 0 Å². The van der Waals surface area contributed by atoms with Gasteiger partial charge in [0.05, 0.1) is 11.8 Å². The fraction of sp³-hybridized carbons (Fsp3) is 0.476. The Bertz CT molecular complexity index is 913. The van der Waals surface area contributed by atoms with Gasteiger partial charge in [-0.2, -0.15) is 0 Å². The third kappa shape index (κ3) is 5.76. The van der Waals surface area contributed by atoms with Gasteiger partial charge in [-0.25, -0.2) is 4.98 Å². The molecule has 2 N–H and O–H groups in total. The van der Waals surface area contributed by atoms with Crippen molar-refractivity contribution in [2.45, 2.75) is 44.8 Å². The molecule has 1 aromatic carbocycles. The molecule has 0 saturated heterocycles. The fourth-order valence-electron chi connectivity index (χ4n) is 3.17. The van der Waals surface area contributed by atoms with Gasteiger partial charge >= 0.3 is 0 Å². The van der Waals surface area contributed by atoms with Crippen molar-refractivity contribution in [3.8, 4) is 11.5 Å². The predicted molar refractivity (Wildman–Crippen MR) is 113 cm³/mol. The molecule has 0 radical (unpaired) electrons. The molecule has 8 heteroatoms. The zero-order valence-corrected chi connectivity index (χ0v) is 17.8. The van der Waals surface area contributed by atoms with Gasteiger partial charge in [-0.1, -0.05) is 45.0 Å². The Morgan fingerprint density at radius 1 is 1.24 bits per heavy atom. The van der Waals surface area contributed by atoms with Crippen LogP contribution in [0.1, 0.15) is 44.5 Å². The van der Waals surface area contributed by atoms with Crippen LogP contribution >= 0.6 is 11.8 Å². The molecule has 1 aromatic heterocycles. The third-order valence-corrected chi connectivity index (χ3v) is 5.40. The number of aromatic nitrogens is 2. The molecule has 7 nitrogen and oxygen atoms in total. The van der Waals surface area contributed by atoms with Gasteiger partial charge in [0, 0.05) is 11.8 Å². The number of nitrogens with zero attached hydrogens (tertiary/aromatic N) is 1. The second kappa shape index (κ2) is 9.82. The van der Waals surface area contributed by atoms with Gasteiger partial charge in [0.25, 0.3) is 5.56 Å². The molecule has 2 heterocycles. The molecular weight excluding hydrogens is 390 g/mol. The molecule has 0 spiro atoms. The summed E-state index contributed by atoms with van der Waals surface area (Å²) in [6.07, 6.45) is 1.65. The maximum absolute atomic E-state index is 12.6. The first kappa shape index (κ1) is 21.2. The van der Waals surface area contributed by atoms with Gasteiger partial charge in [-0.3, -0.25) is 9.59 Å². The molecule has 0 saturated carbocycles. The normalized spacial score (nSPS) is 13.9. The zero-order valence-electron chi connectivity index (χ0n) is 17.0. The minimum Gasteiger partial charge on any atom is -0.486 e. The number of H-pyrrole nitrogens is 1. The average Bonchev–Trinajstić information content (AvgIpc) is 2.70. The van der Waals surface area contributed by atoms with Gasteiger partial charge < -0.3 is 19.8 Å². The van der Waals surface area contributed by atoms with Crippen molar-refractivity contribution in [1.82, 2.24) is 15.3 Å². The van der Waals surface area contributed by atoms with E-state index in [1.165, 1.54) is 17.8 Å². The van der Waals surface area contributed by atoms with Crippen molar-refractivity contribution in [2.75, 3.05) is 19.0 Å². The second-order valence-electron chi connectivity index (χ2n) is 7.27. The number of nitrogens with one attached hydrogen (secondary N) is 2. The van der Waals surface area contributed by atoms with E-state index < -0.39 is 0 Å². The maximum atomic E-state index is 12.6. The Kier molecular flexibility index (Phi) is 7.19. The molecular formula is C21H27N3O4S. The Balaban J connectivity index is 1.65. The smallest absolute Gasteiger partial charge is 0.251 e. The number of hydrogen-bond donors (Lipinski definition) is 2. The quantitative estimate of drug-likeness (QED) is 0.506. The van der Waals surface area contributed by atoms with Crippen LogP contribution in [0.5, 0.6) is 11.5 Å². The standard InChI is InChI=1S/C21H27N3O4S/c1-4-5-15-11-18(25)24-21(22-15)29-12-19(26)23-20(13(2)3)14-6-7-16-17(10-14)28-9-8-27-16/h6-7,10-11,13,20H,4-5,8-9,12H2,1-3H3,(H,23,26)(H,22,24,25)/t20-/m0/s1. The number of aromatic amines is 1. The van der Waals surface area contributed by atoms with E-state index in [9.17, 15) is 9.59 Å². The van der Waals surface area contributed by atoms with Crippen LogP contribution in [0.2, 0.25) is 0 Å². The first-order chi connectivity index (χ1) is 14.0. The lowest BCUT2D eigenvalue weighted by molar-refractivity contribution is -0.119. The predicted octanol–water partition coefficient (Wildman–Crippen LogP) is 3.10. The zero-order chi connectivity index (χ0) is 20.8. The van der Waals surface area contributed by atoms with Crippen molar-refractivity contribution in [3.63, 3.8) is 0 Å². The molecule has 1 atom stereocenters. The molecule has 0 bridgehead atoms. The lowest BCUT2D eigenvalue weighted by Crippen LogP contribution is -2.33. The van der Waals surface area contributed by atoms with Gasteiger partial charge in [-0.05, 0) is 30.0 Å². The highest BCUT2D eigenvalue weighted by Crippen LogP contribution is 2.34. The number of carbonyl (C=O) groups is 1. The van der Waals surface area contributed by atoms with Crippen LogP contribution in [0.25, 0.3) is 0 Å². The highest BCUT2D eigenvalue weighted by Gasteiger charge is 2.21. The number of thioether (sulfide) groups is 1. The van der Waals surface area contributed by atoms with Crippen molar-refractivity contribution in [2.24, 2.45) is 5.92 Å². The Hall–Kier alpha value is -2.48. The third-order valence-electron chi connectivity index (χ3n) is 4.53. The number of aryl methyl sites for hydroxylation is 1. The first-order valence-electron chi connectivity index (χ1n) is 9.88. The van der Waals surface area contributed by atoms with E-state index >= 15 is 0 Å². The molecule has 1 amide bonds. The number of ether oxygens (including phenoxy) is 2. The van der Waals surface area contributed by atoms with E-state index in [1.807, 2.05) is 25.1 Å². The molecule has 0 unspecified atom stereocenters. The highest BCUT2D eigenvalue weighted by atomic mass is 32.2. The van der Waals surface area contributed by atoms with Crippen molar-refractivity contribution >= 4 is 17.7 Å². The molecule has 1 aliphatic rings. The summed E-state index contributed by atoms with van der Waals surface area (Å²) in [5.41, 5.74) is 1.53. The van der Waals surface area contributed by atoms with E-state index in [4.69, 9.17) is 9.47 Å². The second-order valence-corrected chi connectivity index (χ2v) is 8.24. The number of carbonyl (C=O) groups excluding carboxylic acids is 1.